The number of methoxy groups -OCH3 is 2. The summed E-state index contributed by atoms with van der Waals surface area (Å²) in [6, 6.07) is 10.7. The minimum Gasteiger partial charge on any atom is -0.497 e. The predicted molar refractivity (Wildman–Crippen MR) is 112 cm³/mol. The molecule has 7 heteroatoms. The van der Waals surface area contributed by atoms with Crippen molar-refractivity contribution in [2.45, 2.75) is 38.1 Å². The first kappa shape index (κ1) is 19.1. The molecule has 0 radical (unpaired) electrons. The van der Waals surface area contributed by atoms with Gasteiger partial charge in [0.05, 0.1) is 30.9 Å². The number of nitrogens with zero attached hydrogens (tertiary/aromatic N) is 1. The molecule has 0 saturated heterocycles. The van der Waals surface area contributed by atoms with E-state index in [1.54, 1.807) is 37.4 Å². The Morgan fingerprint density at radius 1 is 1.07 bits per heavy atom. The molecule has 0 atom stereocenters. The van der Waals surface area contributed by atoms with E-state index in [2.05, 4.69) is 10.3 Å². The number of amides is 1. The molecule has 3 aromatic rings. The number of rotatable bonds is 5. The van der Waals surface area contributed by atoms with Crippen LogP contribution in [0.1, 0.15) is 48.5 Å². The van der Waals surface area contributed by atoms with E-state index in [4.69, 9.17) is 9.47 Å². The van der Waals surface area contributed by atoms with E-state index < -0.39 is 0 Å². The van der Waals surface area contributed by atoms with Crippen LogP contribution in [-0.2, 0) is 0 Å². The van der Waals surface area contributed by atoms with E-state index in [9.17, 15) is 9.59 Å². The Hall–Kier alpha value is -3.22. The Morgan fingerprint density at radius 2 is 1.86 bits per heavy atom. The molecule has 152 valence electrons. The van der Waals surface area contributed by atoms with Gasteiger partial charge < -0.3 is 19.8 Å². The van der Waals surface area contributed by atoms with Gasteiger partial charge in [0.1, 0.15) is 11.5 Å². The smallest absolute Gasteiger partial charge is 0.326 e. The van der Waals surface area contributed by atoms with Crippen molar-refractivity contribution >= 4 is 22.6 Å². The number of aromatic amines is 1. The minimum atomic E-state index is -0.276. The first-order valence-electron chi connectivity index (χ1n) is 9.88. The third-order valence-electron chi connectivity index (χ3n) is 5.58. The van der Waals surface area contributed by atoms with E-state index in [-0.39, 0.29) is 17.6 Å². The molecule has 2 aromatic carbocycles. The Bertz CT molecular complexity index is 1090. The molecule has 1 aliphatic rings. The summed E-state index contributed by atoms with van der Waals surface area (Å²) in [5.41, 5.74) is 2.43. The highest BCUT2D eigenvalue weighted by Crippen LogP contribution is 2.31. The zero-order valence-electron chi connectivity index (χ0n) is 16.7. The Kier molecular flexibility index (Phi) is 5.29. The molecule has 7 nitrogen and oxygen atoms in total. The second-order valence-corrected chi connectivity index (χ2v) is 7.34. The van der Waals surface area contributed by atoms with Crippen molar-refractivity contribution in [2.75, 3.05) is 19.5 Å². The van der Waals surface area contributed by atoms with Crippen molar-refractivity contribution in [3.8, 4) is 11.5 Å². The quantitative estimate of drug-likeness (QED) is 0.681. The number of anilines is 1. The molecular formula is C22H25N3O4. The third kappa shape index (κ3) is 3.72. The highest BCUT2D eigenvalue weighted by Gasteiger charge is 2.20. The molecule has 0 aliphatic heterocycles. The van der Waals surface area contributed by atoms with E-state index in [1.807, 2.05) is 10.6 Å². The van der Waals surface area contributed by atoms with Crippen LogP contribution in [0.3, 0.4) is 0 Å². The molecule has 4 rings (SSSR count). The molecular weight excluding hydrogens is 370 g/mol. The number of carbonyl (C=O) groups excluding carboxylic acids is 1. The van der Waals surface area contributed by atoms with Crippen molar-refractivity contribution in [3.05, 3.63) is 52.4 Å². The molecule has 0 unspecified atom stereocenters. The molecule has 2 N–H and O–H groups in total. The Morgan fingerprint density at radius 3 is 2.59 bits per heavy atom. The SMILES string of the molecule is COc1ccc(NC(=O)c2ccc3c(c2)[nH]c(=O)n3C2CCCCC2)c(OC)c1. The fourth-order valence-corrected chi connectivity index (χ4v) is 4.07. The zero-order valence-corrected chi connectivity index (χ0v) is 16.7. The van der Waals surface area contributed by atoms with Crippen molar-refractivity contribution < 1.29 is 14.3 Å². The highest BCUT2D eigenvalue weighted by atomic mass is 16.5. The molecule has 1 fully saturated rings. The second kappa shape index (κ2) is 8.03. The largest absolute Gasteiger partial charge is 0.497 e. The zero-order chi connectivity index (χ0) is 20.4. The lowest BCUT2D eigenvalue weighted by atomic mass is 9.95. The number of imidazole rings is 1. The fraction of sp³-hybridized carbons (Fsp3) is 0.364. The van der Waals surface area contributed by atoms with Gasteiger partial charge in [-0.15, -0.1) is 0 Å². The van der Waals surface area contributed by atoms with Gasteiger partial charge in [0, 0.05) is 17.7 Å². The lowest BCUT2D eigenvalue weighted by molar-refractivity contribution is 0.102. The second-order valence-electron chi connectivity index (χ2n) is 7.34. The van der Waals surface area contributed by atoms with Crippen LogP contribution < -0.4 is 20.5 Å². The molecule has 1 aliphatic carbocycles. The van der Waals surface area contributed by atoms with Crippen LogP contribution >= 0.6 is 0 Å². The number of carbonyl (C=O) groups is 1. The van der Waals surface area contributed by atoms with Crippen LogP contribution in [0.25, 0.3) is 11.0 Å². The lowest BCUT2D eigenvalue weighted by Crippen LogP contribution is -2.23. The van der Waals surface area contributed by atoms with Gasteiger partial charge in [0.2, 0.25) is 0 Å². The Labute approximate surface area is 168 Å². The molecule has 1 saturated carbocycles. The van der Waals surface area contributed by atoms with Gasteiger partial charge in [0.25, 0.3) is 5.91 Å². The van der Waals surface area contributed by atoms with Gasteiger partial charge in [-0.05, 0) is 43.2 Å². The number of aromatic nitrogens is 2. The van der Waals surface area contributed by atoms with Gasteiger partial charge in [-0.3, -0.25) is 9.36 Å². The van der Waals surface area contributed by atoms with Crippen LogP contribution in [-0.4, -0.2) is 29.7 Å². The maximum atomic E-state index is 12.8. The summed E-state index contributed by atoms with van der Waals surface area (Å²) in [4.78, 5) is 28.2. The number of ether oxygens (including phenoxy) is 2. The van der Waals surface area contributed by atoms with Crippen molar-refractivity contribution in [3.63, 3.8) is 0 Å². The van der Waals surface area contributed by atoms with Gasteiger partial charge in [-0.1, -0.05) is 19.3 Å². The molecule has 0 bridgehead atoms. The van der Waals surface area contributed by atoms with E-state index in [0.29, 0.717) is 28.3 Å². The maximum Gasteiger partial charge on any atom is 0.326 e. The summed E-state index contributed by atoms with van der Waals surface area (Å²) in [7, 11) is 3.11. The summed E-state index contributed by atoms with van der Waals surface area (Å²) in [6.07, 6.45) is 5.56. The summed E-state index contributed by atoms with van der Waals surface area (Å²) in [5, 5.41) is 2.86. The summed E-state index contributed by atoms with van der Waals surface area (Å²) >= 11 is 0. The third-order valence-corrected chi connectivity index (χ3v) is 5.58. The maximum absolute atomic E-state index is 12.8. The highest BCUT2D eigenvalue weighted by molar-refractivity contribution is 6.06. The number of H-pyrrole nitrogens is 1. The van der Waals surface area contributed by atoms with Crippen LogP contribution in [0.15, 0.2) is 41.2 Å². The standard InChI is InChI=1S/C22H25N3O4/c1-28-16-9-10-17(20(13-16)29-2)23-21(26)14-8-11-19-18(12-14)24-22(27)25(19)15-6-4-3-5-7-15/h8-13,15H,3-7H2,1-2H3,(H,23,26)(H,24,27). The monoisotopic (exact) mass is 395 g/mol. The average molecular weight is 395 g/mol. The first-order valence-corrected chi connectivity index (χ1v) is 9.88. The number of hydrogen-bond acceptors (Lipinski definition) is 4. The van der Waals surface area contributed by atoms with Gasteiger partial charge in [0.15, 0.2) is 0 Å². The number of fused-ring (bicyclic) bond motifs is 1. The van der Waals surface area contributed by atoms with Crippen LogP contribution in [0, 0.1) is 0 Å². The summed E-state index contributed by atoms with van der Waals surface area (Å²) in [6.45, 7) is 0. The summed E-state index contributed by atoms with van der Waals surface area (Å²) in [5.74, 6) is 0.875. The van der Waals surface area contributed by atoms with Crippen molar-refractivity contribution in [2.24, 2.45) is 0 Å². The normalized spacial score (nSPS) is 14.7. The Balaban J connectivity index is 1.61. The molecule has 1 aromatic heterocycles. The molecule has 1 amide bonds. The van der Waals surface area contributed by atoms with Crippen LogP contribution in [0.4, 0.5) is 5.69 Å². The summed E-state index contributed by atoms with van der Waals surface area (Å²) < 4.78 is 12.4. The van der Waals surface area contributed by atoms with Crippen LogP contribution in [0.5, 0.6) is 11.5 Å². The van der Waals surface area contributed by atoms with E-state index >= 15 is 0 Å². The van der Waals surface area contributed by atoms with Crippen molar-refractivity contribution in [1.82, 2.24) is 9.55 Å². The van der Waals surface area contributed by atoms with Gasteiger partial charge in [-0.2, -0.15) is 0 Å². The molecule has 29 heavy (non-hydrogen) atoms. The first-order chi connectivity index (χ1) is 14.1. The number of hydrogen-bond donors (Lipinski definition) is 2. The van der Waals surface area contributed by atoms with Crippen molar-refractivity contribution in [1.29, 1.82) is 0 Å². The van der Waals surface area contributed by atoms with Crippen LogP contribution in [0.2, 0.25) is 0 Å². The molecule has 1 heterocycles. The fourth-order valence-electron chi connectivity index (χ4n) is 4.07. The topological polar surface area (TPSA) is 85.4 Å². The van der Waals surface area contributed by atoms with Gasteiger partial charge in [-0.25, -0.2) is 4.79 Å². The minimum absolute atomic E-state index is 0.110. The molecule has 0 spiro atoms. The number of nitrogens with one attached hydrogen (secondary N) is 2. The van der Waals surface area contributed by atoms with E-state index in [1.165, 1.54) is 13.5 Å². The van der Waals surface area contributed by atoms with E-state index in [0.717, 1.165) is 31.2 Å². The predicted octanol–water partition coefficient (Wildman–Crippen LogP) is 4.10. The average Bonchev–Trinajstić information content (AvgIpc) is 3.09. The number of benzene rings is 2. The van der Waals surface area contributed by atoms with Gasteiger partial charge >= 0.3 is 5.69 Å². The lowest BCUT2D eigenvalue weighted by Gasteiger charge is -2.22.